The van der Waals surface area contributed by atoms with Crippen LogP contribution in [0.2, 0.25) is 0 Å². The summed E-state index contributed by atoms with van der Waals surface area (Å²) in [5.41, 5.74) is 4.31. The van der Waals surface area contributed by atoms with Crippen LogP contribution in [-0.2, 0) is 14.3 Å². The summed E-state index contributed by atoms with van der Waals surface area (Å²) in [6.07, 6.45) is 2.68. The molecule has 1 atom stereocenters. The molecule has 2 amide bonds. The van der Waals surface area contributed by atoms with Crippen molar-refractivity contribution in [3.8, 4) is 11.1 Å². The molecule has 0 saturated heterocycles. The summed E-state index contributed by atoms with van der Waals surface area (Å²) in [5.74, 6) is -1.16. The average molecular weight is 479 g/mol. The number of rotatable bonds is 10. The van der Waals surface area contributed by atoms with Crippen molar-refractivity contribution in [2.24, 2.45) is 11.3 Å². The van der Waals surface area contributed by atoms with Crippen LogP contribution in [0.3, 0.4) is 0 Å². The molecule has 4 rings (SSSR count). The van der Waals surface area contributed by atoms with Gasteiger partial charge < -0.3 is 20.5 Å². The third kappa shape index (κ3) is 5.66. The molecule has 1 saturated carbocycles. The smallest absolute Gasteiger partial charge is 0.407 e. The van der Waals surface area contributed by atoms with E-state index in [0.29, 0.717) is 13.0 Å². The number of amides is 2. The van der Waals surface area contributed by atoms with E-state index >= 15 is 0 Å². The molecule has 186 valence electrons. The second-order valence-electron chi connectivity index (χ2n) is 10.3. The van der Waals surface area contributed by atoms with E-state index in [1.807, 2.05) is 38.1 Å². The number of carbonyl (C=O) groups excluding carboxylic acids is 2. The molecule has 2 aliphatic carbocycles. The summed E-state index contributed by atoms with van der Waals surface area (Å²) in [6, 6.07) is 15.5. The lowest BCUT2D eigenvalue weighted by Gasteiger charge is -2.41. The van der Waals surface area contributed by atoms with Gasteiger partial charge in [-0.15, -0.1) is 0 Å². The van der Waals surface area contributed by atoms with E-state index < -0.39 is 18.1 Å². The molecule has 0 aromatic heterocycles. The van der Waals surface area contributed by atoms with Crippen LogP contribution in [0.4, 0.5) is 4.79 Å². The third-order valence-electron chi connectivity index (χ3n) is 7.24. The molecule has 1 fully saturated rings. The van der Waals surface area contributed by atoms with Crippen molar-refractivity contribution in [3.05, 3.63) is 59.7 Å². The van der Waals surface area contributed by atoms with Gasteiger partial charge in [0.05, 0.1) is 0 Å². The molecule has 0 bridgehead atoms. The van der Waals surface area contributed by atoms with Gasteiger partial charge in [0.25, 0.3) is 0 Å². The molecule has 0 unspecified atom stereocenters. The van der Waals surface area contributed by atoms with Gasteiger partial charge in [-0.1, -0.05) is 68.8 Å². The largest absolute Gasteiger partial charge is 0.480 e. The van der Waals surface area contributed by atoms with Crippen molar-refractivity contribution in [2.45, 2.75) is 57.9 Å². The van der Waals surface area contributed by atoms with E-state index in [0.717, 1.165) is 30.4 Å². The van der Waals surface area contributed by atoms with Crippen LogP contribution >= 0.6 is 0 Å². The van der Waals surface area contributed by atoms with Crippen LogP contribution < -0.4 is 10.6 Å². The molecule has 7 heteroatoms. The second-order valence-corrected chi connectivity index (χ2v) is 10.3. The Labute approximate surface area is 206 Å². The molecular formula is C28H34N2O5. The monoisotopic (exact) mass is 478 g/mol. The number of benzene rings is 2. The number of carboxylic acids is 1. The Bertz CT molecular complexity index is 1050. The topological polar surface area (TPSA) is 105 Å². The number of fused-ring (bicyclic) bond motifs is 3. The van der Waals surface area contributed by atoms with Crippen LogP contribution in [0.25, 0.3) is 11.1 Å². The van der Waals surface area contributed by atoms with Gasteiger partial charge in [-0.3, -0.25) is 4.79 Å². The molecule has 7 nitrogen and oxygen atoms in total. The van der Waals surface area contributed by atoms with E-state index in [1.54, 1.807) is 0 Å². The Hall–Kier alpha value is -3.35. The molecule has 0 aliphatic heterocycles. The van der Waals surface area contributed by atoms with E-state index in [-0.39, 0.29) is 36.2 Å². The third-order valence-corrected chi connectivity index (χ3v) is 7.24. The van der Waals surface area contributed by atoms with Crippen molar-refractivity contribution in [1.82, 2.24) is 10.6 Å². The first-order valence-electron chi connectivity index (χ1n) is 12.4. The minimum absolute atomic E-state index is 0.00880. The molecule has 2 aliphatic rings. The highest BCUT2D eigenvalue weighted by molar-refractivity contribution is 5.84. The van der Waals surface area contributed by atoms with Crippen molar-refractivity contribution < 1.29 is 24.2 Å². The van der Waals surface area contributed by atoms with Gasteiger partial charge in [-0.05, 0) is 52.8 Å². The predicted molar refractivity (Wildman–Crippen MR) is 133 cm³/mol. The van der Waals surface area contributed by atoms with E-state index in [4.69, 9.17) is 4.74 Å². The van der Waals surface area contributed by atoms with Crippen LogP contribution in [0.5, 0.6) is 0 Å². The van der Waals surface area contributed by atoms with Gasteiger partial charge in [0.15, 0.2) is 0 Å². The highest BCUT2D eigenvalue weighted by Crippen LogP contribution is 2.45. The molecule has 0 spiro atoms. The zero-order chi connectivity index (χ0) is 25.0. The Morgan fingerprint density at radius 2 is 1.63 bits per heavy atom. The van der Waals surface area contributed by atoms with E-state index in [1.165, 1.54) is 11.1 Å². The van der Waals surface area contributed by atoms with Crippen LogP contribution in [0.1, 0.15) is 63.0 Å². The van der Waals surface area contributed by atoms with Crippen LogP contribution in [0.15, 0.2) is 48.5 Å². The predicted octanol–water partition coefficient (Wildman–Crippen LogP) is 4.70. The second kappa shape index (κ2) is 10.5. The number of aliphatic carboxylic acids is 1. The first-order valence-corrected chi connectivity index (χ1v) is 12.4. The fourth-order valence-electron chi connectivity index (χ4n) is 5.28. The fraction of sp³-hybridized carbons (Fsp3) is 0.464. The van der Waals surface area contributed by atoms with Gasteiger partial charge in [0.1, 0.15) is 12.6 Å². The maximum atomic E-state index is 12.6. The Morgan fingerprint density at radius 3 is 2.14 bits per heavy atom. The summed E-state index contributed by atoms with van der Waals surface area (Å²) < 4.78 is 5.62. The Kier molecular flexibility index (Phi) is 7.43. The van der Waals surface area contributed by atoms with Gasteiger partial charge in [0.2, 0.25) is 5.91 Å². The maximum absolute atomic E-state index is 12.6. The molecule has 3 N–H and O–H groups in total. The Morgan fingerprint density at radius 1 is 1.03 bits per heavy atom. The summed E-state index contributed by atoms with van der Waals surface area (Å²) in [5, 5.41) is 14.9. The minimum atomic E-state index is -1.02. The van der Waals surface area contributed by atoms with E-state index in [9.17, 15) is 19.5 Å². The number of carbonyl (C=O) groups is 3. The SMILES string of the molecule is CC(C)C[C@H](NC(=O)CC1(CNC(=O)OCC2c3ccccc3-c3ccccc32)CCC1)C(=O)O. The highest BCUT2D eigenvalue weighted by atomic mass is 16.5. The molecule has 2 aromatic carbocycles. The van der Waals surface area contributed by atoms with Gasteiger partial charge in [-0.2, -0.15) is 0 Å². The lowest BCUT2D eigenvalue weighted by molar-refractivity contribution is -0.142. The molecule has 0 heterocycles. The van der Waals surface area contributed by atoms with Crippen molar-refractivity contribution in [3.63, 3.8) is 0 Å². The highest BCUT2D eigenvalue weighted by Gasteiger charge is 2.40. The van der Waals surface area contributed by atoms with Gasteiger partial charge >= 0.3 is 12.1 Å². The average Bonchev–Trinajstić information content (AvgIpc) is 3.12. The minimum Gasteiger partial charge on any atom is -0.480 e. The first-order chi connectivity index (χ1) is 16.8. The number of hydrogen-bond acceptors (Lipinski definition) is 4. The number of carboxylic acid groups (broad SMARTS) is 1. The fourth-order valence-corrected chi connectivity index (χ4v) is 5.28. The number of hydrogen-bond donors (Lipinski definition) is 3. The summed E-state index contributed by atoms with van der Waals surface area (Å²) in [6.45, 7) is 4.42. The summed E-state index contributed by atoms with van der Waals surface area (Å²) >= 11 is 0. The summed E-state index contributed by atoms with van der Waals surface area (Å²) in [7, 11) is 0. The van der Waals surface area contributed by atoms with Crippen LogP contribution in [0, 0.1) is 11.3 Å². The van der Waals surface area contributed by atoms with E-state index in [2.05, 4.69) is 34.9 Å². The molecule has 35 heavy (non-hydrogen) atoms. The van der Waals surface area contributed by atoms with Gasteiger partial charge in [-0.25, -0.2) is 9.59 Å². The normalized spacial score (nSPS) is 16.5. The van der Waals surface area contributed by atoms with Gasteiger partial charge in [0, 0.05) is 18.9 Å². The molecule has 2 aromatic rings. The quantitative estimate of drug-likeness (QED) is 0.459. The Balaban J connectivity index is 1.30. The van der Waals surface area contributed by atoms with Crippen molar-refractivity contribution in [1.29, 1.82) is 0 Å². The number of ether oxygens (including phenoxy) is 1. The summed E-state index contributed by atoms with van der Waals surface area (Å²) in [4.78, 5) is 36.7. The van der Waals surface area contributed by atoms with Crippen molar-refractivity contribution in [2.75, 3.05) is 13.2 Å². The lowest BCUT2D eigenvalue weighted by Crippen LogP contribution is -2.48. The molecular weight excluding hydrogens is 444 g/mol. The maximum Gasteiger partial charge on any atom is 0.407 e. The standard InChI is InChI=1S/C28H34N2O5/c1-18(2)14-24(26(32)33)30-25(31)15-28(12-7-13-28)17-29-27(34)35-16-23-21-10-5-3-8-19(21)20-9-4-6-11-22(20)23/h3-6,8-11,18,23-24H,7,12-17H2,1-2H3,(H,29,34)(H,30,31)(H,32,33)/t24-/m0/s1. The molecule has 0 radical (unpaired) electrons. The van der Waals surface area contributed by atoms with Crippen molar-refractivity contribution >= 4 is 18.0 Å². The number of alkyl carbamates (subject to hydrolysis) is 1. The zero-order valence-corrected chi connectivity index (χ0v) is 20.4. The lowest BCUT2D eigenvalue weighted by atomic mass is 9.66. The van der Waals surface area contributed by atoms with Crippen LogP contribution in [-0.4, -0.2) is 42.3 Å². The zero-order valence-electron chi connectivity index (χ0n) is 20.4. The first kappa shape index (κ1) is 24.8. The number of nitrogens with one attached hydrogen (secondary N) is 2.